The number of para-hydroxylation sites is 1. The average molecular weight is 280 g/mol. The molecule has 0 aliphatic carbocycles. The van der Waals surface area contributed by atoms with Crippen LogP contribution in [0.2, 0.25) is 0 Å². The fraction of sp³-hybridized carbons (Fsp3) is 0.429. The van der Waals surface area contributed by atoms with Crippen LogP contribution in [0.1, 0.15) is 20.8 Å². The van der Waals surface area contributed by atoms with Gasteiger partial charge in [-0.1, -0.05) is 18.2 Å². The first-order valence-corrected chi connectivity index (χ1v) is 6.30. The van der Waals surface area contributed by atoms with Crippen molar-refractivity contribution in [3.8, 4) is 5.75 Å². The number of esters is 1. The van der Waals surface area contributed by atoms with Crippen LogP contribution in [-0.4, -0.2) is 30.9 Å². The fourth-order valence-corrected chi connectivity index (χ4v) is 1.27. The van der Waals surface area contributed by atoms with Gasteiger partial charge >= 0.3 is 12.1 Å². The molecule has 0 radical (unpaired) electrons. The first-order valence-electron chi connectivity index (χ1n) is 6.30. The maximum absolute atomic E-state index is 11.5. The van der Waals surface area contributed by atoms with Crippen molar-refractivity contribution < 1.29 is 19.1 Å². The van der Waals surface area contributed by atoms with Crippen LogP contribution in [0.15, 0.2) is 30.3 Å². The topological polar surface area (TPSA) is 76.7 Å². The van der Waals surface area contributed by atoms with Gasteiger partial charge in [0.2, 0.25) is 0 Å². The van der Waals surface area contributed by atoms with E-state index in [1.54, 1.807) is 45.0 Å². The Morgan fingerprint density at radius 1 is 1.15 bits per heavy atom. The minimum Gasteiger partial charge on any atom is -0.444 e. The number of benzene rings is 1. The summed E-state index contributed by atoms with van der Waals surface area (Å²) in [7, 11) is 0. The van der Waals surface area contributed by atoms with E-state index in [9.17, 15) is 9.59 Å². The predicted octanol–water partition coefficient (Wildman–Crippen LogP) is 1.66. The van der Waals surface area contributed by atoms with Gasteiger partial charge in [0.25, 0.3) is 0 Å². The molecule has 0 spiro atoms. The zero-order chi connectivity index (χ0) is 15.0. The Morgan fingerprint density at radius 3 is 2.40 bits per heavy atom. The molecule has 6 heteroatoms. The molecule has 1 amide bonds. The molecule has 2 N–H and O–H groups in total. The first-order chi connectivity index (χ1) is 9.37. The molecular formula is C14H20N2O4. The summed E-state index contributed by atoms with van der Waals surface area (Å²) in [4.78, 5) is 22.8. The molecule has 0 saturated carbocycles. The minimum absolute atomic E-state index is 0.00923. The maximum Gasteiger partial charge on any atom is 0.408 e. The highest BCUT2D eigenvalue weighted by atomic mass is 16.6. The van der Waals surface area contributed by atoms with E-state index in [1.807, 2.05) is 6.07 Å². The monoisotopic (exact) mass is 280 g/mol. The smallest absolute Gasteiger partial charge is 0.408 e. The molecule has 0 aliphatic rings. The molecule has 1 rings (SSSR count). The Morgan fingerprint density at radius 2 is 1.80 bits per heavy atom. The molecule has 0 heterocycles. The average Bonchev–Trinajstić information content (AvgIpc) is 2.34. The summed E-state index contributed by atoms with van der Waals surface area (Å²) in [5.41, 5.74) is -0.545. The van der Waals surface area contributed by atoms with Gasteiger partial charge in [0, 0.05) is 0 Å². The summed E-state index contributed by atoms with van der Waals surface area (Å²) in [6.07, 6.45) is -0.540. The quantitative estimate of drug-likeness (QED) is 0.371. The van der Waals surface area contributed by atoms with Gasteiger partial charge in [-0.15, -0.1) is 0 Å². The Kier molecular flexibility index (Phi) is 5.99. The van der Waals surface area contributed by atoms with Crippen molar-refractivity contribution in [3.05, 3.63) is 30.3 Å². The van der Waals surface area contributed by atoms with E-state index in [2.05, 4.69) is 10.6 Å². The molecule has 0 atom stereocenters. The lowest BCUT2D eigenvalue weighted by molar-refractivity contribution is -0.133. The lowest BCUT2D eigenvalue weighted by Gasteiger charge is -2.19. The van der Waals surface area contributed by atoms with Gasteiger partial charge in [0.05, 0.1) is 13.2 Å². The van der Waals surface area contributed by atoms with Gasteiger partial charge < -0.3 is 14.8 Å². The fourth-order valence-electron chi connectivity index (χ4n) is 1.27. The first kappa shape index (κ1) is 16.0. The molecular weight excluding hydrogens is 260 g/mol. The van der Waals surface area contributed by atoms with Crippen molar-refractivity contribution in [2.24, 2.45) is 0 Å². The van der Waals surface area contributed by atoms with Crippen LogP contribution in [0.3, 0.4) is 0 Å². The van der Waals surface area contributed by atoms with E-state index in [1.165, 1.54) is 0 Å². The number of ether oxygens (including phenoxy) is 2. The molecule has 0 aromatic heterocycles. The number of rotatable bonds is 5. The van der Waals surface area contributed by atoms with E-state index in [4.69, 9.17) is 9.47 Å². The maximum atomic E-state index is 11.5. The van der Waals surface area contributed by atoms with Crippen molar-refractivity contribution in [2.75, 3.05) is 13.2 Å². The Balaban J connectivity index is 2.15. The highest BCUT2D eigenvalue weighted by Gasteiger charge is 2.15. The largest absolute Gasteiger partial charge is 0.444 e. The van der Waals surface area contributed by atoms with Crippen molar-refractivity contribution in [2.45, 2.75) is 26.4 Å². The highest BCUT2D eigenvalue weighted by molar-refractivity contribution is 5.74. The van der Waals surface area contributed by atoms with Gasteiger partial charge in [0.15, 0.2) is 0 Å². The van der Waals surface area contributed by atoms with Crippen molar-refractivity contribution in [1.29, 1.82) is 0 Å². The molecule has 0 unspecified atom stereocenters. The number of carbonyl (C=O) groups excluding carboxylic acids is 2. The lowest BCUT2D eigenvalue weighted by atomic mass is 10.2. The Hall–Kier alpha value is -2.08. The van der Waals surface area contributed by atoms with Gasteiger partial charge in [-0.05, 0) is 32.9 Å². The number of hydrogen-bond acceptors (Lipinski definition) is 5. The number of alkyl carbamates (subject to hydrolysis) is 1. The van der Waals surface area contributed by atoms with Crippen LogP contribution in [0, 0.1) is 0 Å². The molecule has 1 aromatic carbocycles. The third kappa shape index (κ3) is 7.38. The molecule has 20 heavy (non-hydrogen) atoms. The summed E-state index contributed by atoms with van der Waals surface area (Å²) in [5, 5.41) is 5.21. The van der Waals surface area contributed by atoms with E-state index >= 15 is 0 Å². The van der Waals surface area contributed by atoms with E-state index in [0.717, 1.165) is 0 Å². The van der Waals surface area contributed by atoms with Gasteiger partial charge in [-0.2, -0.15) is 0 Å². The lowest BCUT2D eigenvalue weighted by Crippen LogP contribution is -2.40. The molecule has 0 bridgehead atoms. The molecule has 0 fully saturated rings. The second kappa shape index (κ2) is 7.49. The van der Waals surface area contributed by atoms with Gasteiger partial charge in [-0.25, -0.2) is 4.79 Å². The van der Waals surface area contributed by atoms with Gasteiger partial charge in [-0.3, -0.25) is 10.1 Å². The number of amides is 1. The normalized spacial score (nSPS) is 10.8. The SMILES string of the molecule is CC(C)(C)OC(=O)NCNCC(=O)Oc1ccccc1. The van der Waals surface area contributed by atoms with E-state index in [-0.39, 0.29) is 13.2 Å². The zero-order valence-electron chi connectivity index (χ0n) is 11.9. The van der Waals surface area contributed by atoms with E-state index < -0.39 is 17.7 Å². The summed E-state index contributed by atoms with van der Waals surface area (Å²) in [6.45, 7) is 5.44. The van der Waals surface area contributed by atoms with Crippen molar-refractivity contribution in [3.63, 3.8) is 0 Å². The van der Waals surface area contributed by atoms with Crippen LogP contribution in [0.4, 0.5) is 4.79 Å². The van der Waals surface area contributed by atoms with Crippen LogP contribution < -0.4 is 15.4 Å². The highest BCUT2D eigenvalue weighted by Crippen LogP contribution is 2.08. The molecule has 1 aromatic rings. The van der Waals surface area contributed by atoms with Crippen molar-refractivity contribution in [1.82, 2.24) is 10.6 Å². The van der Waals surface area contributed by atoms with E-state index in [0.29, 0.717) is 5.75 Å². The Labute approximate surface area is 118 Å². The molecule has 110 valence electrons. The van der Waals surface area contributed by atoms with Crippen LogP contribution in [0.25, 0.3) is 0 Å². The Bertz CT molecular complexity index is 440. The number of hydrogen-bond donors (Lipinski definition) is 2. The summed E-state index contributed by atoms with van der Waals surface area (Å²) < 4.78 is 10.1. The van der Waals surface area contributed by atoms with Crippen molar-refractivity contribution >= 4 is 12.1 Å². The van der Waals surface area contributed by atoms with Gasteiger partial charge in [0.1, 0.15) is 11.4 Å². The number of nitrogens with one attached hydrogen (secondary N) is 2. The summed E-state index contributed by atoms with van der Waals surface area (Å²) >= 11 is 0. The minimum atomic E-state index is -0.545. The summed E-state index contributed by atoms with van der Waals surface area (Å²) in [5.74, 6) is 0.0570. The van der Waals surface area contributed by atoms with Crippen LogP contribution in [0.5, 0.6) is 5.75 Å². The molecule has 0 saturated heterocycles. The summed E-state index contributed by atoms with van der Waals surface area (Å²) in [6, 6.07) is 8.77. The number of carbonyl (C=O) groups is 2. The zero-order valence-corrected chi connectivity index (χ0v) is 11.9. The van der Waals surface area contributed by atoms with Crippen LogP contribution in [-0.2, 0) is 9.53 Å². The van der Waals surface area contributed by atoms with Crippen LogP contribution >= 0.6 is 0 Å². The molecule has 6 nitrogen and oxygen atoms in total. The molecule has 0 aliphatic heterocycles. The predicted molar refractivity (Wildman–Crippen MR) is 74.3 cm³/mol. The second-order valence-electron chi connectivity index (χ2n) is 5.07. The third-order valence-electron chi connectivity index (χ3n) is 2.00. The third-order valence-corrected chi connectivity index (χ3v) is 2.00. The second-order valence-corrected chi connectivity index (χ2v) is 5.07. The standard InChI is InChI=1S/C14H20N2O4/c1-14(2,3)20-13(18)16-10-15-9-12(17)19-11-7-5-4-6-8-11/h4-8,15H,9-10H2,1-3H3,(H,16,18).